The van der Waals surface area contributed by atoms with Gasteiger partial charge in [0.05, 0.1) is 0 Å². The first-order chi connectivity index (χ1) is 22.8. The first kappa shape index (κ1) is 24.2. The summed E-state index contributed by atoms with van der Waals surface area (Å²) in [7, 11) is 0. The maximum absolute atomic E-state index is 6.62. The lowest BCUT2D eigenvalue weighted by molar-refractivity contribution is 0.669. The molecule has 9 aromatic carbocycles. The van der Waals surface area contributed by atoms with Gasteiger partial charge in [-0.15, -0.1) is 0 Å². The largest absolute Gasteiger partial charge is 0.456 e. The Morgan fingerprint density at radius 1 is 0.326 bits per heavy atom. The third-order valence-electron chi connectivity index (χ3n) is 9.98. The quantitative estimate of drug-likeness (QED) is 0.149. The molecule has 46 heavy (non-hydrogen) atoms. The smallest absolute Gasteiger partial charge is 0.143 e. The first-order valence-electron chi connectivity index (χ1n) is 15.8. The minimum absolute atomic E-state index is 0.910. The second-order valence-corrected chi connectivity index (χ2v) is 12.4. The summed E-state index contributed by atoms with van der Waals surface area (Å²) in [4.78, 5) is 0. The Morgan fingerprint density at radius 2 is 0.935 bits per heavy atom. The van der Waals surface area contributed by atoms with Gasteiger partial charge in [-0.1, -0.05) is 109 Å². The van der Waals surface area contributed by atoms with E-state index in [1.807, 2.05) is 12.1 Å². The van der Waals surface area contributed by atoms with Crippen molar-refractivity contribution in [1.82, 2.24) is 0 Å². The molecule has 2 heteroatoms. The Bertz CT molecular complexity index is 2970. The molecule has 0 aliphatic carbocycles. The standard InChI is InChI=1S/C44H24O2/c1-2-12-28-25(10-1)22-36-35(24-26-11-9-19-39-41(26)43(36)44(28)46-39)42-32-16-5-3-14-30(32)40(31-15-4-6-17-33(31)42)27-20-21-38-34(23-27)29-13-7-8-18-37(29)45-38/h1-24H. The molecule has 0 N–H and O–H groups in total. The molecule has 2 aromatic heterocycles. The van der Waals surface area contributed by atoms with Gasteiger partial charge in [-0.3, -0.25) is 0 Å². The highest BCUT2D eigenvalue weighted by atomic mass is 16.3. The van der Waals surface area contributed by atoms with E-state index in [2.05, 4.69) is 133 Å². The first-order valence-corrected chi connectivity index (χ1v) is 15.8. The average Bonchev–Trinajstić information content (AvgIpc) is 3.69. The van der Waals surface area contributed by atoms with Gasteiger partial charge in [0.25, 0.3) is 0 Å². The number of para-hydroxylation sites is 1. The molecule has 0 atom stereocenters. The van der Waals surface area contributed by atoms with Gasteiger partial charge in [-0.25, -0.2) is 0 Å². The SMILES string of the molecule is c1ccc2c(c1)cc1c(-c3c4ccccc4c(-c4ccc5oc6ccccc6c5c4)c4ccccc34)cc3cccc4oc2c1c34. The van der Waals surface area contributed by atoms with E-state index in [4.69, 9.17) is 8.83 Å². The fourth-order valence-corrected chi connectivity index (χ4v) is 8.06. The highest BCUT2D eigenvalue weighted by Gasteiger charge is 2.23. The highest BCUT2D eigenvalue weighted by Crippen LogP contribution is 2.50. The van der Waals surface area contributed by atoms with Crippen molar-refractivity contribution in [2.75, 3.05) is 0 Å². The van der Waals surface area contributed by atoms with Crippen LogP contribution in [0.25, 0.3) is 109 Å². The van der Waals surface area contributed by atoms with Crippen LogP contribution in [0.5, 0.6) is 0 Å². The molecule has 2 heterocycles. The lowest BCUT2D eigenvalue weighted by Crippen LogP contribution is -1.92. The number of hydrogen-bond acceptors (Lipinski definition) is 2. The van der Waals surface area contributed by atoms with E-state index in [1.165, 1.54) is 70.7 Å². The molecule has 11 rings (SSSR count). The lowest BCUT2D eigenvalue weighted by Gasteiger charge is -2.19. The van der Waals surface area contributed by atoms with Crippen molar-refractivity contribution >= 4 is 87.0 Å². The molecule has 0 saturated carbocycles. The van der Waals surface area contributed by atoms with E-state index in [9.17, 15) is 0 Å². The van der Waals surface area contributed by atoms with Crippen LogP contribution in [0.4, 0.5) is 0 Å². The summed E-state index contributed by atoms with van der Waals surface area (Å²) in [6.45, 7) is 0. The van der Waals surface area contributed by atoms with Gasteiger partial charge in [0.15, 0.2) is 0 Å². The van der Waals surface area contributed by atoms with Crippen LogP contribution in [0.3, 0.4) is 0 Å². The van der Waals surface area contributed by atoms with Crippen molar-refractivity contribution in [3.8, 4) is 22.3 Å². The second-order valence-electron chi connectivity index (χ2n) is 12.4. The molecule has 11 aromatic rings. The molecule has 0 unspecified atom stereocenters. The van der Waals surface area contributed by atoms with Crippen molar-refractivity contribution in [2.24, 2.45) is 0 Å². The van der Waals surface area contributed by atoms with E-state index >= 15 is 0 Å². The zero-order valence-corrected chi connectivity index (χ0v) is 24.7. The van der Waals surface area contributed by atoms with E-state index < -0.39 is 0 Å². The average molecular weight is 585 g/mol. The van der Waals surface area contributed by atoms with Gasteiger partial charge in [0, 0.05) is 26.9 Å². The summed E-state index contributed by atoms with van der Waals surface area (Å²) in [5.41, 5.74) is 8.64. The molecule has 0 aliphatic rings. The normalized spacial score (nSPS) is 12.3. The van der Waals surface area contributed by atoms with Crippen LogP contribution < -0.4 is 0 Å². The molecule has 0 bridgehead atoms. The number of furan rings is 2. The Balaban J connectivity index is 1.31. The van der Waals surface area contributed by atoms with E-state index in [0.29, 0.717) is 0 Å². The third kappa shape index (κ3) is 3.10. The summed E-state index contributed by atoms with van der Waals surface area (Å²) in [6.07, 6.45) is 0. The van der Waals surface area contributed by atoms with Gasteiger partial charge >= 0.3 is 0 Å². The van der Waals surface area contributed by atoms with Gasteiger partial charge in [0.2, 0.25) is 0 Å². The molecule has 0 amide bonds. The molecule has 0 fully saturated rings. The number of fused-ring (bicyclic) bond motifs is 7. The Hall–Kier alpha value is -6.12. The predicted octanol–water partition coefficient (Wildman–Crippen LogP) is 12.9. The summed E-state index contributed by atoms with van der Waals surface area (Å²) < 4.78 is 12.8. The summed E-state index contributed by atoms with van der Waals surface area (Å²) in [6, 6.07) is 52.5. The Labute approximate surface area is 263 Å². The van der Waals surface area contributed by atoms with Crippen LogP contribution in [-0.2, 0) is 0 Å². The van der Waals surface area contributed by atoms with Crippen LogP contribution in [0.1, 0.15) is 0 Å². The molecule has 0 saturated heterocycles. The van der Waals surface area contributed by atoms with Gasteiger partial charge < -0.3 is 8.83 Å². The predicted molar refractivity (Wildman–Crippen MR) is 193 cm³/mol. The molecular formula is C44H24O2. The van der Waals surface area contributed by atoms with Gasteiger partial charge in [-0.05, 0) is 96.4 Å². The summed E-state index contributed by atoms with van der Waals surface area (Å²) in [5.74, 6) is 0. The maximum atomic E-state index is 6.62. The molecular weight excluding hydrogens is 560 g/mol. The summed E-state index contributed by atoms with van der Waals surface area (Å²) >= 11 is 0. The zero-order chi connectivity index (χ0) is 29.9. The zero-order valence-electron chi connectivity index (χ0n) is 24.7. The van der Waals surface area contributed by atoms with Crippen molar-refractivity contribution in [3.05, 3.63) is 146 Å². The van der Waals surface area contributed by atoms with E-state index in [1.54, 1.807) is 0 Å². The third-order valence-corrected chi connectivity index (χ3v) is 9.98. The van der Waals surface area contributed by atoms with Crippen molar-refractivity contribution in [3.63, 3.8) is 0 Å². The van der Waals surface area contributed by atoms with Crippen molar-refractivity contribution in [2.45, 2.75) is 0 Å². The van der Waals surface area contributed by atoms with Crippen LogP contribution in [0, 0.1) is 0 Å². The second kappa shape index (κ2) is 8.74. The molecule has 0 aliphatic heterocycles. The fraction of sp³-hybridized carbons (Fsp3) is 0. The number of hydrogen-bond donors (Lipinski definition) is 0. The number of rotatable bonds is 2. The minimum atomic E-state index is 0.910. The molecule has 0 radical (unpaired) electrons. The highest BCUT2D eigenvalue weighted by molar-refractivity contribution is 6.33. The Morgan fingerprint density at radius 3 is 1.72 bits per heavy atom. The van der Waals surface area contributed by atoms with Crippen molar-refractivity contribution < 1.29 is 8.83 Å². The number of benzene rings is 9. The molecule has 0 spiro atoms. The van der Waals surface area contributed by atoms with Gasteiger partial charge in [0.1, 0.15) is 22.3 Å². The lowest BCUT2D eigenvalue weighted by atomic mass is 9.83. The van der Waals surface area contributed by atoms with E-state index in [0.717, 1.165) is 38.5 Å². The van der Waals surface area contributed by atoms with Crippen LogP contribution in [0.15, 0.2) is 154 Å². The molecule has 212 valence electrons. The van der Waals surface area contributed by atoms with Crippen LogP contribution in [-0.4, -0.2) is 0 Å². The van der Waals surface area contributed by atoms with Crippen molar-refractivity contribution in [1.29, 1.82) is 0 Å². The molecule has 2 nitrogen and oxygen atoms in total. The fourth-order valence-electron chi connectivity index (χ4n) is 8.06. The minimum Gasteiger partial charge on any atom is -0.456 e. The summed E-state index contributed by atoms with van der Waals surface area (Å²) in [5, 5.41) is 14.4. The Kier molecular flexibility index (Phi) is 4.61. The van der Waals surface area contributed by atoms with Gasteiger partial charge in [-0.2, -0.15) is 0 Å². The van der Waals surface area contributed by atoms with Crippen LogP contribution >= 0.6 is 0 Å². The van der Waals surface area contributed by atoms with Crippen LogP contribution in [0.2, 0.25) is 0 Å². The van der Waals surface area contributed by atoms with E-state index in [-0.39, 0.29) is 0 Å². The monoisotopic (exact) mass is 584 g/mol. The maximum Gasteiger partial charge on any atom is 0.143 e. The topological polar surface area (TPSA) is 26.3 Å².